The fourth-order valence-corrected chi connectivity index (χ4v) is 2.51. The van der Waals surface area contributed by atoms with Gasteiger partial charge >= 0.3 is 0 Å². The molecule has 1 heterocycles. The summed E-state index contributed by atoms with van der Waals surface area (Å²) in [5.74, 6) is 0. The Balaban J connectivity index is 3.29. The van der Waals surface area contributed by atoms with Crippen LogP contribution >= 0.6 is 38.5 Å². The van der Waals surface area contributed by atoms with Crippen LogP contribution < -0.4 is 0 Å². The van der Waals surface area contributed by atoms with Crippen LogP contribution in [-0.2, 0) is 5.54 Å². The Labute approximate surface area is 103 Å². The Morgan fingerprint density at radius 2 is 1.93 bits per heavy atom. The van der Waals surface area contributed by atoms with Crippen LogP contribution in [0.5, 0.6) is 0 Å². The monoisotopic (exact) mass is 378 g/mol. The Bertz CT molecular complexity index is 344. The lowest BCUT2D eigenvalue weighted by Crippen LogP contribution is -2.24. The first-order valence-electron chi connectivity index (χ1n) is 3.97. The van der Waals surface area contributed by atoms with E-state index in [1.165, 1.54) is 0 Å². The van der Waals surface area contributed by atoms with Gasteiger partial charge in [0.15, 0.2) is 0 Å². The molecule has 0 fully saturated rings. The highest BCUT2D eigenvalue weighted by molar-refractivity contribution is 14.1. The summed E-state index contributed by atoms with van der Waals surface area (Å²) in [4.78, 5) is 0. The van der Waals surface area contributed by atoms with E-state index in [1.807, 2.05) is 43.4 Å². The zero-order valence-electron chi connectivity index (χ0n) is 7.98. The van der Waals surface area contributed by atoms with E-state index in [0.29, 0.717) is 8.17 Å². The van der Waals surface area contributed by atoms with Crippen LogP contribution in [0.25, 0.3) is 0 Å². The molecule has 0 spiro atoms. The van der Waals surface area contributed by atoms with Crippen molar-refractivity contribution in [2.75, 3.05) is 0 Å². The maximum Gasteiger partial charge on any atom is 0.283 e. The van der Waals surface area contributed by atoms with E-state index in [9.17, 15) is 8.78 Å². The smallest absolute Gasteiger partial charge is 0.252 e. The van der Waals surface area contributed by atoms with Crippen LogP contribution in [0.3, 0.4) is 0 Å². The zero-order valence-corrected chi connectivity index (χ0v) is 11.7. The molecule has 0 amide bonds. The first-order valence-corrected chi connectivity index (χ1v) is 5.85. The summed E-state index contributed by atoms with van der Waals surface area (Å²) in [6.07, 6.45) is -2.54. The van der Waals surface area contributed by atoms with Gasteiger partial charge < -0.3 is 0 Å². The normalized spacial score (nSPS) is 12.6. The number of halogens is 4. The first kappa shape index (κ1) is 12.4. The molecular formula is C8H10BrF2IN2. The molecule has 2 nitrogen and oxygen atoms in total. The van der Waals surface area contributed by atoms with E-state index in [0.717, 1.165) is 0 Å². The molecule has 0 aromatic carbocycles. The molecule has 0 unspecified atom stereocenters. The third-order valence-electron chi connectivity index (χ3n) is 1.64. The van der Waals surface area contributed by atoms with Crippen molar-refractivity contribution in [2.45, 2.75) is 32.7 Å². The predicted octanol–water partition coefficient (Wildman–Crippen LogP) is 3.94. The van der Waals surface area contributed by atoms with Gasteiger partial charge in [-0.2, -0.15) is 5.10 Å². The van der Waals surface area contributed by atoms with Gasteiger partial charge in [-0.1, -0.05) is 0 Å². The van der Waals surface area contributed by atoms with Crippen molar-refractivity contribution in [3.05, 3.63) is 13.9 Å². The van der Waals surface area contributed by atoms with Crippen molar-refractivity contribution >= 4 is 38.5 Å². The Hall–Kier alpha value is 0.280. The van der Waals surface area contributed by atoms with Gasteiger partial charge in [0.1, 0.15) is 9.39 Å². The number of hydrogen-bond donors (Lipinski definition) is 0. The van der Waals surface area contributed by atoms with E-state index in [4.69, 9.17) is 0 Å². The van der Waals surface area contributed by atoms with Crippen LogP contribution in [0.2, 0.25) is 0 Å². The van der Waals surface area contributed by atoms with Crippen molar-refractivity contribution in [3.63, 3.8) is 0 Å². The summed E-state index contributed by atoms with van der Waals surface area (Å²) in [7, 11) is 0. The molecule has 0 saturated carbocycles. The third-order valence-corrected chi connectivity index (χ3v) is 4.16. The quantitative estimate of drug-likeness (QED) is 0.677. The first-order chi connectivity index (χ1) is 6.25. The number of nitrogens with zero attached hydrogens (tertiary/aromatic N) is 2. The van der Waals surface area contributed by atoms with E-state index in [-0.39, 0.29) is 11.2 Å². The van der Waals surface area contributed by atoms with Crippen molar-refractivity contribution in [3.8, 4) is 0 Å². The lowest BCUT2D eigenvalue weighted by molar-refractivity contribution is 0.143. The fraction of sp³-hybridized carbons (Fsp3) is 0.625. The highest BCUT2D eigenvalue weighted by Crippen LogP contribution is 2.32. The molecule has 0 aliphatic heterocycles. The number of rotatable bonds is 1. The molecule has 1 aromatic rings. The lowest BCUT2D eigenvalue weighted by Gasteiger charge is -2.20. The van der Waals surface area contributed by atoms with Crippen LogP contribution in [0.4, 0.5) is 8.78 Å². The largest absolute Gasteiger partial charge is 0.283 e. The SMILES string of the molecule is CC(C)(C)n1nc(C(F)F)c(Br)c1I. The van der Waals surface area contributed by atoms with Gasteiger partial charge in [-0.05, 0) is 59.3 Å². The zero-order chi connectivity index (χ0) is 11.1. The number of alkyl halides is 2. The molecule has 0 saturated heterocycles. The van der Waals surface area contributed by atoms with Gasteiger partial charge in [-0.25, -0.2) is 8.78 Å². The maximum atomic E-state index is 12.5. The minimum atomic E-state index is -2.54. The van der Waals surface area contributed by atoms with Crippen LogP contribution in [-0.4, -0.2) is 9.78 Å². The fourth-order valence-electron chi connectivity index (χ4n) is 0.978. The van der Waals surface area contributed by atoms with Crippen molar-refractivity contribution in [1.29, 1.82) is 0 Å². The summed E-state index contributed by atoms with van der Waals surface area (Å²) in [5, 5.41) is 3.89. The second-order valence-electron chi connectivity index (χ2n) is 3.87. The second-order valence-corrected chi connectivity index (χ2v) is 5.69. The van der Waals surface area contributed by atoms with Gasteiger partial charge in [0, 0.05) is 0 Å². The summed E-state index contributed by atoms with van der Waals surface area (Å²) in [5.41, 5.74) is -0.476. The van der Waals surface area contributed by atoms with Crippen molar-refractivity contribution < 1.29 is 8.78 Å². The topological polar surface area (TPSA) is 17.8 Å². The minimum Gasteiger partial charge on any atom is -0.252 e. The molecular weight excluding hydrogens is 369 g/mol. The molecule has 0 N–H and O–H groups in total. The van der Waals surface area contributed by atoms with Crippen LogP contribution in [0, 0.1) is 3.70 Å². The highest BCUT2D eigenvalue weighted by atomic mass is 127. The van der Waals surface area contributed by atoms with Crippen molar-refractivity contribution in [1.82, 2.24) is 9.78 Å². The molecule has 0 bridgehead atoms. The van der Waals surface area contributed by atoms with E-state index in [2.05, 4.69) is 21.0 Å². The predicted molar refractivity (Wildman–Crippen MR) is 62.6 cm³/mol. The van der Waals surface area contributed by atoms with Gasteiger partial charge in [0.25, 0.3) is 6.43 Å². The molecule has 0 radical (unpaired) electrons. The van der Waals surface area contributed by atoms with Gasteiger partial charge in [-0.3, -0.25) is 4.68 Å². The molecule has 0 aliphatic rings. The minimum absolute atomic E-state index is 0.190. The summed E-state index contributed by atoms with van der Waals surface area (Å²) < 4.78 is 27.7. The molecule has 0 aliphatic carbocycles. The van der Waals surface area contributed by atoms with E-state index < -0.39 is 6.43 Å². The molecule has 14 heavy (non-hydrogen) atoms. The van der Waals surface area contributed by atoms with Gasteiger partial charge in [0.05, 0.1) is 10.0 Å². The molecule has 1 aromatic heterocycles. The lowest BCUT2D eigenvalue weighted by atomic mass is 10.1. The molecule has 0 atom stereocenters. The average molecular weight is 379 g/mol. The Morgan fingerprint density at radius 3 is 2.14 bits per heavy atom. The number of aromatic nitrogens is 2. The standard InChI is InChI=1S/C8H10BrF2IN2/c1-8(2,3)14-7(12)4(9)5(13-14)6(10)11/h6H,1-3H3. The van der Waals surface area contributed by atoms with Crippen LogP contribution in [0.15, 0.2) is 4.47 Å². The molecule has 6 heteroatoms. The van der Waals surface area contributed by atoms with E-state index >= 15 is 0 Å². The van der Waals surface area contributed by atoms with E-state index in [1.54, 1.807) is 4.68 Å². The maximum absolute atomic E-state index is 12.5. The second kappa shape index (κ2) is 4.03. The Kier molecular flexibility index (Phi) is 3.56. The van der Waals surface area contributed by atoms with Crippen LogP contribution in [0.1, 0.15) is 32.9 Å². The summed E-state index contributed by atoms with van der Waals surface area (Å²) in [6, 6.07) is 0. The third kappa shape index (κ3) is 2.26. The number of hydrogen-bond acceptors (Lipinski definition) is 1. The van der Waals surface area contributed by atoms with Crippen molar-refractivity contribution in [2.24, 2.45) is 0 Å². The highest BCUT2D eigenvalue weighted by Gasteiger charge is 2.26. The Morgan fingerprint density at radius 1 is 1.43 bits per heavy atom. The van der Waals surface area contributed by atoms with Gasteiger partial charge in [-0.15, -0.1) is 0 Å². The summed E-state index contributed by atoms with van der Waals surface area (Å²) in [6.45, 7) is 5.76. The summed E-state index contributed by atoms with van der Waals surface area (Å²) >= 11 is 5.13. The molecule has 1 rings (SSSR count). The average Bonchev–Trinajstić information content (AvgIpc) is 2.28. The molecule has 80 valence electrons. The van der Waals surface area contributed by atoms with Gasteiger partial charge in [0.2, 0.25) is 0 Å².